The van der Waals surface area contributed by atoms with Gasteiger partial charge >= 0.3 is 0 Å². The third kappa shape index (κ3) is 2.34. The highest BCUT2D eigenvalue weighted by Crippen LogP contribution is 2.24. The Morgan fingerprint density at radius 1 is 1.41 bits per heavy atom. The molecule has 0 saturated heterocycles. The van der Waals surface area contributed by atoms with Crippen molar-refractivity contribution in [2.45, 2.75) is 6.42 Å². The Balaban J connectivity index is 2.44. The van der Waals surface area contributed by atoms with Gasteiger partial charge in [0.25, 0.3) is 0 Å². The van der Waals surface area contributed by atoms with E-state index in [-0.39, 0.29) is 5.82 Å². The van der Waals surface area contributed by atoms with E-state index in [0.29, 0.717) is 18.5 Å². The molecule has 0 bridgehead atoms. The first-order valence-electron chi connectivity index (χ1n) is 5.35. The van der Waals surface area contributed by atoms with Gasteiger partial charge in [-0.25, -0.2) is 4.39 Å². The molecule has 0 atom stereocenters. The van der Waals surface area contributed by atoms with Crippen LogP contribution in [0.15, 0.2) is 30.5 Å². The molecule has 0 radical (unpaired) electrons. The van der Waals surface area contributed by atoms with E-state index in [2.05, 4.69) is 11.1 Å². The van der Waals surface area contributed by atoms with E-state index in [4.69, 9.17) is 5.26 Å². The Kier molecular flexibility index (Phi) is 3.20. The quantitative estimate of drug-likeness (QED) is 0.812. The van der Waals surface area contributed by atoms with E-state index < -0.39 is 0 Å². The molecule has 2 aromatic rings. The van der Waals surface area contributed by atoms with Gasteiger partial charge < -0.3 is 4.90 Å². The van der Waals surface area contributed by atoms with E-state index in [1.165, 1.54) is 12.1 Å². The van der Waals surface area contributed by atoms with Crippen LogP contribution in [-0.2, 0) is 0 Å². The fraction of sp³-hybridized carbons (Fsp3) is 0.231. The number of hydrogen-bond acceptors (Lipinski definition) is 3. The zero-order valence-electron chi connectivity index (χ0n) is 9.52. The third-order valence-electron chi connectivity index (χ3n) is 2.65. The molecule has 0 amide bonds. The predicted octanol–water partition coefficient (Wildman–Crippen LogP) is 2.72. The lowest BCUT2D eigenvalue weighted by Crippen LogP contribution is -2.18. The lowest BCUT2D eigenvalue weighted by Gasteiger charge is -2.19. The zero-order chi connectivity index (χ0) is 12.3. The lowest BCUT2D eigenvalue weighted by atomic mass is 10.1. The van der Waals surface area contributed by atoms with Gasteiger partial charge in [0.15, 0.2) is 0 Å². The number of halogens is 1. The minimum Gasteiger partial charge on any atom is -0.373 e. The first-order chi connectivity index (χ1) is 8.22. The molecule has 0 unspecified atom stereocenters. The van der Waals surface area contributed by atoms with Crippen molar-refractivity contribution < 1.29 is 4.39 Å². The highest BCUT2D eigenvalue weighted by Gasteiger charge is 2.06. The molecule has 0 fully saturated rings. The number of aromatic nitrogens is 1. The second-order valence-corrected chi connectivity index (χ2v) is 3.82. The monoisotopic (exact) mass is 229 g/mol. The minimum absolute atomic E-state index is 0.290. The summed E-state index contributed by atoms with van der Waals surface area (Å²) in [5.41, 5.74) is 1.59. The average molecular weight is 229 g/mol. The van der Waals surface area contributed by atoms with Gasteiger partial charge in [0.05, 0.1) is 18.0 Å². The smallest absolute Gasteiger partial charge is 0.125 e. The van der Waals surface area contributed by atoms with Crippen LogP contribution in [0.5, 0.6) is 0 Å². The molecule has 1 aromatic carbocycles. The van der Waals surface area contributed by atoms with Crippen molar-refractivity contribution in [3.05, 3.63) is 36.3 Å². The number of anilines is 1. The van der Waals surface area contributed by atoms with Crippen LogP contribution in [0.2, 0.25) is 0 Å². The van der Waals surface area contributed by atoms with Crippen LogP contribution in [0.4, 0.5) is 10.1 Å². The molecule has 17 heavy (non-hydrogen) atoms. The number of nitrogens with zero attached hydrogens (tertiary/aromatic N) is 3. The summed E-state index contributed by atoms with van der Waals surface area (Å²) in [5.74, 6) is -0.290. The Labute approximate surface area is 99.1 Å². The number of pyridine rings is 1. The van der Waals surface area contributed by atoms with Crippen LogP contribution in [0.3, 0.4) is 0 Å². The molecule has 0 spiro atoms. The highest BCUT2D eigenvalue weighted by molar-refractivity contribution is 5.91. The van der Waals surface area contributed by atoms with Crippen molar-refractivity contribution in [1.82, 2.24) is 4.98 Å². The summed E-state index contributed by atoms with van der Waals surface area (Å²) in [4.78, 5) is 6.11. The van der Waals surface area contributed by atoms with Crippen molar-refractivity contribution >= 4 is 16.6 Å². The maximum Gasteiger partial charge on any atom is 0.125 e. The van der Waals surface area contributed by atoms with Crippen LogP contribution in [-0.4, -0.2) is 18.6 Å². The van der Waals surface area contributed by atoms with Crippen LogP contribution >= 0.6 is 0 Å². The van der Waals surface area contributed by atoms with E-state index in [1.807, 2.05) is 18.0 Å². The second-order valence-electron chi connectivity index (χ2n) is 3.82. The van der Waals surface area contributed by atoms with Gasteiger partial charge in [0, 0.05) is 36.9 Å². The summed E-state index contributed by atoms with van der Waals surface area (Å²) < 4.78 is 13.1. The SMILES string of the molecule is CN(CCC#N)c1ccnc2cc(F)ccc12. The van der Waals surface area contributed by atoms with Gasteiger partial charge in [-0.15, -0.1) is 0 Å². The molecular formula is C13H12FN3. The molecule has 1 aromatic heterocycles. The minimum atomic E-state index is -0.290. The zero-order valence-corrected chi connectivity index (χ0v) is 9.52. The van der Waals surface area contributed by atoms with Crippen molar-refractivity contribution in [3.63, 3.8) is 0 Å². The highest BCUT2D eigenvalue weighted by atomic mass is 19.1. The van der Waals surface area contributed by atoms with Crippen molar-refractivity contribution in [2.24, 2.45) is 0 Å². The summed E-state index contributed by atoms with van der Waals surface area (Å²) in [7, 11) is 1.91. The van der Waals surface area contributed by atoms with Crippen LogP contribution in [0, 0.1) is 17.1 Å². The summed E-state index contributed by atoms with van der Waals surface area (Å²) in [5, 5.41) is 9.47. The van der Waals surface area contributed by atoms with Gasteiger partial charge in [0.2, 0.25) is 0 Å². The van der Waals surface area contributed by atoms with E-state index in [9.17, 15) is 4.39 Å². The molecule has 86 valence electrons. The Morgan fingerprint density at radius 3 is 3.00 bits per heavy atom. The fourth-order valence-corrected chi connectivity index (χ4v) is 1.78. The van der Waals surface area contributed by atoms with E-state index >= 15 is 0 Å². The maximum absolute atomic E-state index is 13.1. The molecule has 2 rings (SSSR count). The van der Waals surface area contributed by atoms with Crippen molar-refractivity contribution in [3.8, 4) is 6.07 Å². The van der Waals surface area contributed by atoms with Gasteiger partial charge in [-0.1, -0.05) is 0 Å². The molecular weight excluding hydrogens is 217 g/mol. The fourth-order valence-electron chi connectivity index (χ4n) is 1.78. The summed E-state index contributed by atoms with van der Waals surface area (Å²) in [6.45, 7) is 0.646. The Morgan fingerprint density at radius 2 is 2.24 bits per heavy atom. The first-order valence-corrected chi connectivity index (χ1v) is 5.35. The number of rotatable bonds is 3. The summed E-state index contributed by atoms with van der Waals surface area (Å²) in [6.07, 6.45) is 2.11. The second kappa shape index (κ2) is 4.79. The summed E-state index contributed by atoms with van der Waals surface area (Å²) in [6, 6.07) is 8.53. The predicted molar refractivity (Wildman–Crippen MR) is 65.2 cm³/mol. The molecule has 4 heteroatoms. The number of nitriles is 1. The van der Waals surface area contributed by atoms with Gasteiger partial charge in [-0.2, -0.15) is 5.26 Å². The normalized spacial score (nSPS) is 10.2. The molecule has 0 N–H and O–H groups in total. The molecule has 0 aliphatic heterocycles. The largest absolute Gasteiger partial charge is 0.373 e. The molecule has 1 heterocycles. The topological polar surface area (TPSA) is 39.9 Å². The van der Waals surface area contributed by atoms with Gasteiger partial charge in [-0.3, -0.25) is 4.98 Å². The molecule has 0 saturated carbocycles. The summed E-state index contributed by atoms with van der Waals surface area (Å²) >= 11 is 0. The van der Waals surface area contributed by atoms with Crippen LogP contribution < -0.4 is 4.90 Å². The first kappa shape index (κ1) is 11.3. The molecule has 3 nitrogen and oxygen atoms in total. The van der Waals surface area contributed by atoms with Gasteiger partial charge in [0.1, 0.15) is 5.82 Å². The van der Waals surface area contributed by atoms with Crippen molar-refractivity contribution in [1.29, 1.82) is 5.26 Å². The van der Waals surface area contributed by atoms with Crippen molar-refractivity contribution in [2.75, 3.05) is 18.5 Å². The van der Waals surface area contributed by atoms with Crippen LogP contribution in [0.25, 0.3) is 10.9 Å². The third-order valence-corrected chi connectivity index (χ3v) is 2.65. The van der Waals surface area contributed by atoms with Crippen LogP contribution in [0.1, 0.15) is 6.42 Å². The maximum atomic E-state index is 13.1. The van der Waals surface area contributed by atoms with E-state index in [0.717, 1.165) is 11.1 Å². The molecule has 0 aliphatic carbocycles. The Hall–Kier alpha value is -2.15. The number of hydrogen-bond donors (Lipinski definition) is 0. The average Bonchev–Trinajstić information content (AvgIpc) is 2.34. The number of fused-ring (bicyclic) bond motifs is 1. The number of benzene rings is 1. The molecule has 0 aliphatic rings. The van der Waals surface area contributed by atoms with E-state index in [1.54, 1.807) is 12.3 Å². The Bertz CT molecular complexity index is 574. The lowest BCUT2D eigenvalue weighted by molar-refractivity contribution is 0.629. The van der Waals surface area contributed by atoms with Gasteiger partial charge in [-0.05, 0) is 18.2 Å². The standard InChI is InChI=1S/C13H12FN3/c1-17(8-2-6-15)13-5-7-16-12-9-10(14)3-4-11(12)13/h3-5,7,9H,2,8H2,1H3.